The zero-order chi connectivity index (χ0) is 23.4. The first kappa shape index (κ1) is 21.5. The molecule has 2 N–H and O–H groups in total. The number of hydrogen-bond donors (Lipinski definition) is 2. The van der Waals surface area contributed by atoms with Crippen LogP contribution in [0.4, 0.5) is 0 Å². The molecule has 2 heterocycles. The average Bonchev–Trinajstić information content (AvgIpc) is 3.01. The Balaban J connectivity index is 1.94. The summed E-state index contributed by atoms with van der Waals surface area (Å²) < 4.78 is 8.44. The molecule has 0 unspecified atom stereocenters. The van der Waals surface area contributed by atoms with Crippen molar-refractivity contribution in [1.82, 2.24) is 19.1 Å². The van der Waals surface area contributed by atoms with E-state index in [0.29, 0.717) is 22.4 Å². The zero-order valence-electron chi connectivity index (χ0n) is 18.2. The lowest BCUT2D eigenvalue weighted by Gasteiger charge is -2.29. The molecule has 10 nitrogen and oxygen atoms in total. The van der Waals surface area contributed by atoms with Crippen LogP contribution in [-0.2, 0) is 11.8 Å². The standard InChI is InChI=1S/C22H24N4O6/c1-22(2,3)32-21(31)11-8-9-13-14(10-11)26(12-6-5-7-12)18(23-13)17-24-15(20(29)30)16(27)19(28)25(17)4/h8-10,12,27H,5-7H2,1-4H3,(H,29,30). The Morgan fingerprint density at radius 3 is 2.41 bits per heavy atom. The molecule has 0 aliphatic heterocycles. The molecule has 1 aliphatic carbocycles. The van der Waals surface area contributed by atoms with Crippen LogP contribution >= 0.6 is 0 Å². The quantitative estimate of drug-likeness (QED) is 0.591. The number of aromatic carboxylic acids is 1. The first-order chi connectivity index (χ1) is 15.0. The van der Waals surface area contributed by atoms with Gasteiger partial charge in [0.2, 0.25) is 5.75 Å². The molecule has 4 rings (SSSR count). The molecular weight excluding hydrogens is 416 g/mol. The lowest BCUT2D eigenvalue weighted by Crippen LogP contribution is -2.26. The molecule has 0 atom stereocenters. The fourth-order valence-corrected chi connectivity index (χ4v) is 3.67. The second-order valence-corrected chi connectivity index (χ2v) is 8.90. The van der Waals surface area contributed by atoms with E-state index in [1.54, 1.807) is 39.0 Å². The van der Waals surface area contributed by atoms with Crippen LogP contribution in [0.1, 0.15) is 66.9 Å². The topological polar surface area (TPSA) is 137 Å². The van der Waals surface area contributed by atoms with E-state index in [1.165, 1.54) is 7.05 Å². The Morgan fingerprint density at radius 2 is 1.84 bits per heavy atom. The number of imidazole rings is 1. The Morgan fingerprint density at radius 1 is 1.16 bits per heavy atom. The minimum absolute atomic E-state index is 0.0205. The zero-order valence-corrected chi connectivity index (χ0v) is 18.2. The van der Waals surface area contributed by atoms with Gasteiger partial charge in [0, 0.05) is 13.1 Å². The van der Waals surface area contributed by atoms with Gasteiger partial charge in [0.05, 0.1) is 16.6 Å². The second kappa shape index (κ2) is 7.47. The molecule has 0 radical (unpaired) electrons. The van der Waals surface area contributed by atoms with Crippen LogP contribution in [0, 0.1) is 0 Å². The highest BCUT2D eigenvalue weighted by Gasteiger charge is 2.29. The Labute approximate surface area is 183 Å². The Kier molecular flexibility index (Phi) is 5.03. The van der Waals surface area contributed by atoms with E-state index in [9.17, 15) is 24.6 Å². The van der Waals surface area contributed by atoms with Crippen molar-refractivity contribution in [2.24, 2.45) is 7.05 Å². The summed E-state index contributed by atoms with van der Waals surface area (Å²) in [7, 11) is 1.40. The lowest BCUT2D eigenvalue weighted by molar-refractivity contribution is 0.00694. The fourth-order valence-electron chi connectivity index (χ4n) is 3.67. The van der Waals surface area contributed by atoms with E-state index in [0.717, 1.165) is 23.8 Å². The van der Waals surface area contributed by atoms with Crippen molar-refractivity contribution < 1.29 is 24.5 Å². The SMILES string of the molecule is Cn1c(-c2nc3ccc(C(=O)OC(C)(C)C)cc3n2C2CCC2)nc(C(=O)O)c(O)c1=O. The number of aromatic nitrogens is 4. The maximum absolute atomic E-state index is 12.6. The average molecular weight is 440 g/mol. The highest BCUT2D eigenvalue weighted by molar-refractivity contribution is 5.95. The van der Waals surface area contributed by atoms with Crippen LogP contribution in [0.5, 0.6) is 5.75 Å². The number of carboxylic acid groups (broad SMARTS) is 1. The number of fused-ring (bicyclic) bond motifs is 1. The van der Waals surface area contributed by atoms with E-state index in [2.05, 4.69) is 9.97 Å². The van der Waals surface area contributed by atoms with E-state index >= 15 is 0 Å². The number of carbonyl (C=O) groups excluding carboxylic acids is 1. The minimum atomic E-state index is -1.51. The predicted molar refractivity (Wildman–Crippen MR) is 115 cm³/mol. The first-order valence-corrected chi connectivity index (χ1v) is 10.3. The van der Waals surface area contributed by atoms with Gasteiger partial charge in [0.1, 0.15) is 5.60 Å². The van der Waals surface area contributed by atoms with Gasteiger partial charge in [-0.25, -0.2) is 19.6 Å². The van der Waals surface area contributed by atoms with Gasteiger partial charge in [-0.3, -0.25) is 9.36 Å². The molecule has 168 valence electrons. The summed E-state index contributed by atoms with van der Waals surface area (Å²) in [5.74, 6) is -2.59. The molecule has 10 heteroatoms. The van der Waals surface area contributed by atoms with Gasteiger partial charge in [-0.05, 0) is 58.2 Å². The molecule has 1 aliphatic rings. The third-order valence-electron chi connectivity index (χ3n) is 5.43. The second-order valence-electron chi connectivity index (χ2n) is 8.90. The van der Waals surface area contributed by atoms with Crippen LogP contribution in [0.25, 0.3) is 22.7 Å². The number of carboxylic acids is 1. The van der Waals surface area contributed by atoms with E-state index in [4.69, 9.17) is 4.74 Å². The third kappa shape index (κ3) is 3.61. The van der Waals surface area contributed by atoms with Crippen LogP contribution in [-0.4, -0.2) is 46.9 Å². The lowest BCUT2D eigenvalue weighted by atomic mass is 9.92. The van der Waals surface area contributed by atoms with E-state index < -0.39 is 34.5 Å². The monoisotopic (exact) mass is 440 g/mol. The summed E-state index contributed by atoms with van der Waals surface area (Å²) in [4.78, 5) is 45.2. The van der Waals surface area contributed by atoms with E-state index in [-0.39, 0.29) is 11.9 Å². The van der Waals surface area contributed by atoms with E-state index in [1.807, 2.05) is 4.57 Å². The summed E-state index contributed by atoms with van der Waals surface area (Å²) in [6, 6.07) is 5.05. The first-order valence-electron chi connectivity index (χ1n) is 10.3. The predicted octanol–water partition coefficient (Wildman–Crippen LogP) is 2.88. The minimum Gasteiger partial charge on any atom is -0.501 e. The number of aromatic hydroxyl groups is 1. The number of esters is 1. The number of ether oxygens (including phenoxy) is 1. The number of hydrogen-bond acceptors (Lipinski definition) is 7. The van der Waals surface area contributed by atoms with Gasteiger partial charge in [-0.2, -0.15) is 0 Å². The summed E-state index contributed by atoms with van der Waals surface area (Å²) in [6.45, 7) is 5.37. The maximum atomic E-state index is 12.6. The van der Waals surface area contributed by atoms with Gasteiger partial charge in [0.25, 0.3) is 5.56 Å². The molecule has 0 bridgehead atoms. The molecule has 1 saturated carbocycles. The number of rotatable bonds is 4. The van der Waals surface area contributed by atoms with Crippen molar-refractivity contribution in [1.29, 1.82) is 0 Å². The van der Waals surface area contributed by atoms with Crippen molar-refractivity contribution >= 4 is 23.0 Å². The van der Waals surface area contributed by atoms with Gasteiger partial charge < -0.3 is 19.5 Å². The van der Waals surface area contributed by atoms with Crippen LogP contribution < -0.4 is 5.56 Å². The van der Waals surface area contributed by atoms with Gasteiger partial charge in [-0.15, -0.1) is 0 Å². The molecule has 32 heavy (non-hydrogen) atoms. The molecule has 1 fully saturated rings. The van der Waals surface area contributed by atoms with Crippen LogP contribution in [0.2, 0.25) is 0 Å². The van der Waals surface area contributed by atoms with Gasteiger partial charge in [-0.1, -0.05) is 0 Å². The van der Waals surface area contributed by atoms with Crippen molar-refractivity contribution in [2.45, 2.75) is 51.7 Å². The Hall–Kier alpha value is -3.69. The van der Waals surface area contributed by atoms with Gasteiger partial charge in [0.15, 0.2) is 17.3 Å². The molecular formula is C22H24N4O6. The molecule has 2 aromatic heterocycles. The number of carbonyl (C=O) groups is 2. The van der Waals surface area contributed by atoms with Crippen molar-refractivity contribution in [3.8, 4) is 17.4 Å². The van der Waals surface area contributed by atoms with Crippen LogP contribution in [0.3, 0.4) is 0 Å². The number of benzene rings is 1. The largest absolute Gasteiger partial charge is 0.501 e. The molecule has 1 aromatic carbocycles. The molecule has 0 spiro atoms. The molecule has 0 saturated heterocycles. The highest BCUT2D eigenvalue weighted by Crippen LogP contribution is 2.38. The van der Waals surface area contributed by atoms with Crippen molar-refractivity contribution in [2.75, 3.05) is 0 Å². The van der Waals surface area contributed by atoms with Crippen molar-refractivity contribution in [3.05, 3.63) is 39.8 Å². The van der Waals surface area contributed by atoms with Gasteiger partial charge >= 0.3 is 11.9 Å². The fraction of sp³-hybridized carbons (Fsp3) is 0.409. The normalized spacial score (nSPS) is 14.4. The number of nitrogens with zero attached hydrogens (tertiary/aromatic N) is 4. The summed E-state index contributed by atoms with van der Waals surface area (Å²) in [5.41, 5.74) is -0.671. The summed E-state index contributed by atoms with van der Waals surface area (Å²) >= 11 is 0. The summed E-state index contributed by atoms with van der Waals surface area (Å²) in [5, 5.41) is 19.3. The molecule has 0 amide bonds. The maximum Gasteiger partial charge on any atom is 0.358 e. The highest BCUT2D eigenvalue weighted by atomic mass is 16.6. The third-order valence-corrected chi connectivity index (χ3v) is 5.43. The molecule has 3 aromatic rings. The van der Waals surface area contributed by atoms with Crippen molar-refractivity contribution in [3.63, 3.8) is 0 Å². The summed E-state index contributed by atoms with van der Waals surface area (Å²) in [6.07, 6.45) is 2.75. The smallest absolute Gasteiger partial charge is 0.358 e. The van der Waals surface area contributed by atoms with Crippen LogP contribution in [0.15, 0.2) is 23.0 Å². The Bertz CT molecular complexity index is 1310.